The van der Waals surface area contributed by atoms with Crippen molar-refractivity contribution in [3.63, 3.8) is 0 Å². The molecule has 0 bridgehead atoms. The number of thiocarbonyl (C=S) groups is 1. The summed E-state index contributed by atoms with van der Waals surface area (Å²) in [5, 5.41) is 11.0. The Balaban J connectivity index is 1.98. The summed E-state index contributed by atoms with van der Waals surface area (Å²) in [5.41, 5.74) is 3.06. The van der Waals surface area contributed by atoms with Crippen LogP contribution in [0.2, 0.25) is 0 Å². The van der Waals surface area contributed by atoms with E-state index >= 15 is 0 Å². The lowest BCUT2D eigenvalue weighted by atomic mass is 10.2. The minimum absolute atomic E-state index is 0.551. The summed E-state index contributed by atoms with van der Waals surface area (Å²) in [6.07, 6.45) is 1.76. The molecule has 2 aromatic rings. The molecule has 6 heteroatoms. The zero-order chi connectivity index (χ0) is 14.5. The number of rotatable bonds is 4. The van der Waals surface area contributed by atoms with E-state index in [1.807, 2.05) is 42.9 Å². The van der Waals surface area contributed by atoms with Gasteiger partial charge in [-0.2, -0.15) is 5.10 Å². The predicted molar refractivity (Wildman–Crippen MR) is 84.0 cm³/mol. The van der Waals surface area contributed by atoms with E-state index in [9.17, 15) is 0 Å². The summed E-state index contributed by atoms with van der Waals surface area (Å²) in [6, 6.07) is 7.86. The molecule has 0 radical (unpaired) electrons. The van der Waals surface area contributed by atoms with Crippen LogP contribution < -0.4 is 15.4 Å². The third-order valence-electron chi connectivity index (χ3n) is 2.96. The van der Waals surface area contributed by atoms with Crippen LogP contribution in [0, 0.1) is 6.92 Å². The first-order valence-corrected chi connectivity index (χ1v) is 6.67. The summed E-state index contributed by atoms with van der Waals surface area (Å²) < 4.78 is 7.12. The number of hydrogen-bond acceptors (Lipinski definition) is 3. The average Bonchev–Trinajstić information content (AvgIpc) is 2.82. The van der Waals surface area contributed by atoms with Crippen molar-refractivity contribution in [1.82, 2.24) is 15.1 Å². The Morgan fingerprint density at radius 2 is 2.20 bits per heavy atom. The highest BCUT2D eigenvalue weighted by Gasteiger charge is 2.06. The molecule has 0 aliphatic rings. The highest BCUT2D eigenvalue weighted by atomic mass is 32.1. The molecule has 20 heavy (non-hydrogen) atoms. The van der Waals surface area contributed by atoms with Crippen molar-refractivity contribution in [3.8, 4) is 5.75 Å². The second kappa shape index (κ2) is 6.38. The Morgan fingerprint density at radius 1 is 1.40 bits per heavy atom. The number of methoxy groups -OCH3 is 1. The molecule has 0 fully saturated rings. The van der Waals surface area contributed by atoms with Crippen molar-refractivity contribution in [2.45, 2.75) is 13.5 Å². The molecule has 0 saturated carbocycles. The third-order valence-corrected chi connectivity index (χ3v) is 3.20. The lowest BCUT2D eigenvalue weighted by molar-refractivity contribution is 0.417. The van der Waals surface area contributed by atoms with E-state index in [2.05, 4.69) is 15.7 Å². The number of nitrogens with zero attached hydrogens (tertiary/aromatic N) is 2. The van der Waals surface area contributed by atoms with E-state index in [4.69, 9.17) is 17.0 Å². The smallest absolute Gasteiger partial charge is 0.171 e. The van der Waals surface area contributed by atoms with Gasteiger partial charge in [0.1, 0.15) is 5.75 Å². The lowest BCUT2D eigenvalue weighted by Gasteiger charge is -2.14. The first kappa shape index (κ1) is 14.3. The van der Waals surface area contributed by atoms with E-state index in [1.165, 1.54) is 0 Å². The van der Waals surface area contributed by atoms with Crippen LogP contribution in [0.25, 0.3) is 0 Å². The van der Waals surface area contributed by atoms with E-state index in [0.29, 0.717) is 11.7 Å². The van der Waals surface area contributed by atoms with Crippen LogP contribution >= 0.6 is 12.2 Å². The molecule has 0 aliphatic carbocycles. The second-order valence-corrected chi connectivity index (χ2v) is 4.87. The minimum atomic E-state index is 0.551. The molecule has 0 spiro atoms. The molecule has 0 saturated heterocycles. The number of hydrogen-bond donors (Lipinski definition) is 2. The third kappa shape index (κ3) is 3.48. The van der Waals surface area contributed by atoms with Gasteiger partial charge in [0, 0.05) is 13.2 Å². The van der Waals surface area contributed by atoms with Gasteiger partial charge < -0.3 is 15.4 Å². The van der Waals surface area contributed by atoms with Gasteiger partial charge >= 0.3 is 0 Å². The highest BCUT2D eigenvalue weighted by Crippen LogP contribution is 2.24. The fourth-order valence-corrected chi connectivity index (χ4v) is 2.01. The molecule has 5 nitrogen and oxygen atoms in total. The Kier molecular flexibility index (Phi) is 4.57. The maximum Gasteiger partial charge on any atom is 0.171 e. The number of ether oxygens (including phenoxy) is 1. The Bertz CT molecular complexity index is 609. The highest BCUT2D eigenvalue weighted by molar-refractivity contribution is 7.80. The van der Waals surface area contributed by atoms with Gasteiger partial charge in [-0.05, 0) is 42.9 Å². The molecule has 0 amide bonds. The molecule has 1 aromatic carbocycles. The molecule has 2 rings (SSSR count). The van der Waals surface area contributed by atoms with E-state index in [0.717, 1.165) is 22.7 Å². The molecular weight excluding hydrogens is 272 g/mol. The fourth-order valence-electron chi connectivity index (χ4n) is 1.83. The number of aryl methyl sites for hydroxylation is 2. The quantitative estimate of drug-likeness (QED) is 0.846. The van der Waals surface area contributed by atoms with Crippen molar-refractivity contribution in [2.75, 3.05) is 12.4 Å². The largest absolute Gasteiger partial charge is 0.495 e. The van der Waals surface area contributed by atoms with E-state index < -0.39 is 0 Å². The number of benzene rings is 1. The first-order valence-electron chi connectivity index (χ1n) is 6.26. The Labute approximate surface area is 123 Å². The van der Waals surface area contributed by atoms with Gasteiger partial charge in [-0.15, -0.1) is 0 Å². The molecule has 1 heterocycles. The molecule has 2 N–H and O–H groups in total. The Morgan fingerprint density at radius 3 is 2.85 bits per heavy atom. The van der Waals surface area contributed by atoms with Gasteiger partial charge in [-0.25, -0.2) is 0 Å². The van der Waals surface area contributed by atoms with Crippen molar-refractivity contribution in [2.24, 2.45) is 7.05 Å². The van der Waals surface area contributed by atoms with Crippen LogP contribution in [0.4, 0.5) is 5.69 Å². The summed E-state index contributed by atoms with van der Waals surface area (Å²) in [7, 11) is 3.54. The van der Waals surface area contributed by atoms with Crippen molar-refractivity contribution in [3.05, 3.63) is 41.7 Å². The summed E-state index contributed by atoms with van der Waals surface area (Å²) in [6.45, 7) is 2.65. The fraction of sp³-hybridized carbons (Fsp3) is 0.286. The van der Waals surface area contributed by atoms with Crippen molar-refractivity contribution in [1.29, 1.82) is 0 Å². The van der Waals surface area contributed by atoms with Crippen LogP contribution in [-0.2, 0) is 13.6 Å². The predicted octanol–water partition coefficient (Wildman–Crippen LogP) is 2.22. The summed E-state index contributed by atoms with van der Waals surface area (Å²) in [4.78, 5) is 0. The monoisotopic (exact) mass is 290 g/mol. The second-order valence-electron chi connectivity index (χ2n) is 4.46. The topological polar surface area (TPSA) is 51.1 Å². The maximum atomic E-state index is 5.31. The van der Waals surface area contributed by atoms with Crippen LogP contribution in [0.5, 0.6) is 5.75 Å². The molecule has 106 valence electrons. The van der Waals surface area contributed by atoms with Gasteiger partial charge in [0.15, 0.2) is 5.11 Å². The van der Waals surface area contributed by atoms with Gasteiger partial charge in [0.2, 0.25) is 0 Å². The van der Waals surface area contributed by atoms with Gasteiger partial charge in [-0.1, -0.05) is 6.07 Å². The molecule has 1 aromatic heterocycles. The standard InChI is InChI=1S/C14H18N4OS/c1-10-4-5-13(19-3)12(8-10)17-14(20)15-9-11-6-7-16-18(11)2/h4-8H,9H2,1-3H3,(H2,15,17,20). The zero-order valence-electron chi connectivity index (χ0n) is 11.8. The summed E-state index contributed by atoms with van der Waals surface area (Å²) in [5.74, 6) is 0.764. The van der Waals surface area contributed by atoms with E-state index in [1.54, 1.807) is 13.3 Å². The van der Waals surface area contributed by atoms with Crippen LogP contribution in [0.15, 0.2) is 30.5 Å². The minimum Gasteiger partial charge on any atom is -0.495 e. The molecule has 0 aliphatic heterocycles. The number of anilines is 1. The normalized spacial score (nSPS) is 10.2. The first-order chi connectivity index (χ1) is 9.60. The van der Waals surface area contributed by atoms with Crippen LogP contribution in [0.3, 0.4) is 0 Å². The average molecular weight is 290 g/mol. The van der Waals surface area contributed by atoms with Gasteiger partial charge in [-0.3, -0.25) is 4.68 Å². The van der Waals surface area contributed by atoms with Crippen molar-refractivity contribution >= 4 is 23.0 Å². The lowest BCUT2D eigenvalue weighted by Crippen LogP contribution is -2.28. The van der Waals surface area contributed by atoms with Crippen molar-refractivity contribution < 1.29 is 4.74 Å². The summed E-state index contributed by atoms with van der Waals surface area (Å²) >= 11 is 5.30. The Hall–Kier alpha value is -2.08. The zero-order valence-corrected chi connectivity index (χ0v) is 12.6. The maximum absolute atomic E-state index is 5.31. The van der Waals surface area contributed by atoms with Gasteiger partial charge in [0.25, 0.3) is 0 Å². The van der Waals surface area contributed by atoms with Gasteiger partial charge in [0.05, 0.1) is 25.0 Å². The SMILES string of the molecule is COc1ccc(C)cc1NC(=S)NCc1ccnn1C. The number of nitrogens with one attached hydrogen (secondary N) is 2. The number of aromatic nitrogens is 2. The molecular formula is C14H18N4OS. The van der Waals surface area contributed by atoms with E-state index in [-0.39, 0.29) is 0 Å². The molecule has 0 atom stereocenters. The van der Waals surface area contributed by atoms with Crippen LogP contribution in [0.1, 0.15) is 11.3 Å². The molecule has 0 unspecified atom stereocenters. The van der Waals surface area contributed by atoms with Crippen LogP contribution in [-0.4, -0.2) is 22.0 Å².